The summed E-state index contributed by atoms with van der Waals surface area (Å²) in [6.07, 6.45) is 0. The summed E-state index contributed by atoms with van der Waals surface area (Å²) >= 11 is 5.49. The van der Waals surface area contributed by atoms with E-state index < -0.39 is 0 Å². The van der Waals surface area contributed by atoms with Crippen LogP contribution in [0.5, 0.6) is 11.5 Å². The van der Waals surface area contributed by atoms with Crippen molar-refractivity contribution in [1.82, 2.24) is 0 Å². The van der Waals surface area contributed by atoms with Crippen LogP contribution in [0, 0.1) is 0 Å². The molecule has 116 valence electrons. The zero-order chi connectivity index (χ0) is 15.8. The highest BCUT2D eigenvalue weighted by Crippen LogP contribution is 2.36. The van der Waals surface area contributed by atoms with Gasteiger partial charge in [-0.15, -0.1) is 11.6 Å². The molecule has 0 unspecified atom stereocenters. The lowest BCUT2D eigenvalue weighted by atomic mass is 10.2. The van der Waals surface area contributed by atoms with E-state index in [-0.39, 0.29) is 17.7 Å². The van der Waals surface area contributed by atoms with E-state index in [1.807, 2.05) is 13.8 Å². The van der Waals surface area contributed by atoms with Crippen LogP contribution in [0.3, 0.4) is 0 Å². The molecular weight excluding hydrogens is 296 g/mol. The third-order valence-corrected chi connectivity index (χ3v) is 2.63. The summed E-state index contributed by atoms with van der Waals surface area (Å²) in [7, 11) is 0. The lowest BCUT2D eigenvalue weighted by Crippen LogP contribution is -2.15. The zero-order valence-electron chi connectivity index (χ0n) is 12.3. The van der Waals surface area contributed by atoms with Gasteiger partial charge in [0.05, 0.1) is 24.6 Å². The minimum Gasteiger partial charge on any atom is -0.492 e. The second kappa shape index (κ2) is 8.36. The molecule has 0 aliphatic rings. The molecule has 0 saturated heterocycles. The predicted octanol–water partition coefficient (Wildman–Crippen LogP) is 2.62. The molecule has 2 N–H and O–H groups in total. The molecule has 0 aromatic heterocycles. The number of anilines is 2. The summed E-state index contributed by atoms with van der Waals surface area (Å²) in [5, 5.41) is 5.30. The SMILES string of the molecule is CCOc1cc(NC(=O)CCl)c(OCC)cc1NC(C)=O. The molecule has 0 atom stereocenters. The van der Waals surface area contributed by atoms with Gasteiger partial charge in [0.2, 0.25) is 11.8 Å². The maximum absolute atomic E-state index is 11.5. The molecule has 0 radical (unpaired) electrons. The van der Waals surface area contributed by atoms with E-state index in [1.54, 1.807) is 12.1 Å². The summed E-state index contributed by atoms with van der Waals surface area (Å²) in [4.78, 5) is 22.7. The van der Waals surface area contributed by atoms with Crippen LogP contribution in [0.1, 0.15) is 20.8 Å². The van der Waals surface area contributed by atoms with Gasteiger partial charge in [-0.25, -0.2) is 0 Å². The Hall–Kier alpha value is -1.95. The van der Waals surface area contributed by atoms with Crippen molar-refractivity contribution in [1.29, 1.82) is 0 Å². The Bertz CT molecular complexity index is 520. The van der Waals surface area contributed by atoms with Gasteiger partial charge >= 0.3 is 0 Å². The Morgan fingerprint density at radius 1 is 1.05 bits per heavy atom. The number of amides is 2. The highest BCUT2D eigenvalue weighted by atomic mass is 35.5. The van der Waals surface area contributed by atoms with E-state index >= 15 is 0 Å². The second-order valence-electron chi connectivity index (χ2n) is 4.07. The van der Waals surface area contributed by atoms with E-state index in [2.05, 4.69) is 10.6 Å². The Kier molecular flexibility index (Phi) is 6.81. The van der Waals surface area contributed by atoms with Crippen molar-refractivity contribution in [2.75, 3.05) is 29.7 Å². The largest absolute Gasteiger partial charge is 0.492 e. The van der Waals surface area contributed by atoms with Crippen LogP contribution in [-0.4, -0.2) is 30.9 Å². The maximum atomic E-state index is 11.5. The number of hydrogen-bond donors (Lipinski definition) is 2. The van der Waals surface area contributed by atoms with Crippen LogP contribution in [0.4, 0.5) is 11.4 Å². The number of halogens is 1. The minimum absolute atomic E-state index is 0.164. The Morgan fingerprint density at radius 3 is 1.90 bits per heavy atom. The fraction of sp³-hybridized carbons (Fsp3) is 0.429. The average Bonchev–Trinajstić information content (AvgIpc) is 2.43. The first-order valence-corrected chi connectivity index (χ1v) is 7.12. The predicted molar refractivity (Wildman–Crippen MR) is 82.4 cm³/mol. The molecule has 0 spiro atoms. The molecule has 2 amide bonds. The number of benzene rings is 1. The molecule has 0 aliphatic carbocycles. The van der Waals surface area contributed by atoms with Gasteiger partial charge in [0.1, 0.15) is 17.4 Å². The Morgan fingerprint density at radius 2 is 1.52 bits per heavy atom. The Labute approximate surface area is 128 Å². The van der Waals surface area contributed by atoms with Crippen molar-refractivity contribution in [2.45, 2.75) is 20.8 Å². The van der Waals surface area contributed by atoms with Gasteiger partial charge in [-0.3, -0.25) is 9.59 Å². The third kappa shape index (κ3) is 5.15. The van der Waals surface area contributed by atoms with Gasteiger partial charge in [-0.2, -0.15) is 0 Å². The van der Waals surface area contributed by atoms with Gasteiger partial charge in [0, 0.05) is 19.1 Å². The van der Waals surface area contributed by atoms with Crippen LogP contribution in [-0.2, 0) is 9.59 Å². The van der Waals surface area contributed by atoms with Crippen molar-refractivity contribution >= 4 is 34.8 Å². The molecule has 1 aromatic carbocycles. The van der Waals surface area contributed by atoms with Gasteiger partial charge in [0.25, 0.3) is 0 Å². The molecule has 6 nitrogen and oxygen atoms in total. The molecule has 0 heterocycles. The average molecular weight is 315 g/mol. The lowest BCUT2D eigenvalue weighted by Gasteiger charge is -2.17. The highest BCUT2D eigenvalue weighted by molar-refractivity contribution is 6.29. The van der Waals surface area contributed by atoms with E-state index in [9.17, 15) is 9.59 Å². The number of alkyl halides is 1. The van der Waals surface area contributed by atoms with Crippen molar-refractivity contribution in [3.63, 3.8) is 0 Å². The van der Waals surface area contributed by atoms with Crippen molar-refractivity contribution in [2.24, 2.45) is 0 Å². The number of carbonyl (C=O) groups excluding carboxylic acids is 2. The molecule has 1 rings (SSSR count). The van der Waals surface area contributed by atoms with Crippen LogP contribution in [0.15, 0.2) is 12.1 Å². The van der Waals surface area contributed by atoms with E-state index in [0.717, 1.165) is 0 Å². The van der Waals surface area contributed by atoms with Gasteiger partial charge in [0.15, 0.2) is 0 Å². The molecule has 0 fully saturated rings. The zero-order valence-corrected chi connectivity index (χ0v) is 13.0. The molecule has 1 aromatic rings. The van der Waals surface area contributed by atoms with Gasteiger partial charge in [-0.05, 0) is 13.8 Å². The fourth-order valence-electron chi connectivity index (χ4n) is 1.68. The number of carbonyl (C=O) groups is 2. The summed E-state index contributed by atoms with van der Waals surface area (Å²) < 4.78 is 10.9. The molecule has 0 saturated carbocycles. The topological polar surface area (TPSA) is 76.7 Å². The fourth-order valence-corrected chi connectivity index (χ4v) is 1.75. The monoisotopic (exact) mass is 314 g/mol. The first-order chi connectivity index (χ1) is 10.0. The minimum atomic E-state index is -0.354. The number of ether oxygens (including phenoxy) is 2. The first kappa shape index (κ1) is 17.1. The summed E-state index contributed by atoms with van der Waals surface area (Å²) in [5.74, 6) is 0.135. The van der Waals surface area contributed by atoms with E-state index in [1.165, 1.54) is 6.92 Å². The van der Waals surface area contributed by atoms with Crippen LogP contribution < -0.4 is 20.1 Å². The molecule has 21 heavy (non-hydrogen) atoms. The normalized spacial score (nSPS) is 9.90. The van der Waals surface area contributed by atoms with Crippen LogP contribution in [0.25, 0.3) is 0 Å². The first-order valence-electron chi connectivity index (χ1n) is 6.58. The second-order valence-corrected chi connectivity index (χ2v) is 4.34. The lowest BCUT2D eigenvalue weighted by molar-refractivity contribution is -0.115. The summed E-state index contributed by atoms with van der Waals surface area (Å²) in [6.45, 7) is 5.88. The van der Waals surface area contributed by atoms with E-state index in [4.69, 9.17) is 21.1 Å². The summed E-state index contributed by atoms with van der Waals surface area (Å²) in [5.41, 5.74) is 0.928. The molecule has 7 heteroatoms. The van der Waals surface area contributed by atoms with E-state index in [0.29, 0.717) is 36.1 Å². The smallest absolute Gasteiger partial charge is 0.239 e. The Balaban J connectivity index is 3.23. The quantitative estimate of drug-likeness (QED) is 0.758. The third-order valence-electron chi connectivity index (χ3n) is 2.39. The highest BCUT2D eigenvalue weighted by Gasteiger charge is 2.14. The van der Waals surface area contributed by atoms with Gasteiger partial charge in [-0.1, -0.05) is 0 Å². The molecule has 0 aliphatic heterocycles. The number of rotatable bonds is 7. The summed E-state index contributed by atoms with van der Waals surface area (Å²) in [6, 6.07) is 3.21. The van der Waals surface area contributed by atoms with Crippen LogP contribution >= 0.6 is 11.6 Å². The van der Waals surface area contributed by atoms with Crippen molar-refractivity contribution < 1.29 is 19.1 Å². The number of hydrogen-bond acceptors (Lipinski definition) is 4. The van der Waals surface area contributed by atoms with Gasteiger partial charge < -0.3 is 20.1 Å². The number of nitrogens with one attached hydrogen (secondary N) is 2. The molecular formula is C14H19ClN2O4. The van der Waals surface area contributed by atoms with Crippen LogP contribution in [0.2, 0.25) is 0 Å². The standard InChI is InChI=1S/C14H19ClN2O4/c1-4-20-12-7-11(17-14(19)8-15)13(21-5-2)6-10(12)16-9(3)18/h6-7H,4-5,8H2,1-3H3,(H,16,18)(H,17,19). The van der Waals surface area contributed by atoms with Crippen molar-refractivity contribution in [3.05, 3.63) is 12.1 Å². The van der Waals surface area contributed by atoms with Crippen molar-refractivity contribution in [3.8, 4) is 11.5 Å². The molecule has 0 bridgehead atoms. The maximum Gasteiger partial charge on any atom is 0.239 e.